The van der Waals surface area contributed by atoms with Crippen LogP contribution in [0.2, 0.25) is 5.02 Å². The summed E-state index contributed by atoms with van der Waals surface area (Å²) in [6, 6.07) is 14.8. The zero-order chi connectivity index (χ0) is 19.4. The first-order valence-electron chi connectivity index (χ1n) is 7.93. The summed E-state index contributed by atoms with van der Waals surface area (Å²) in [5.74, 6) is -0.319. The molecule has 3 aromatic rings. The summed E-state index contributed by atoms with van der Waals surface area (Å²) in [6.07, 6.45) is 1.15. The molecule has 0 atom stereocenters. The number of carbonyl (C=O) groups is 1. The highest BCUT2D eigenvalue weighted by molar-refractivity contribution is 7.99. The molecule has 0 unspecified atom stereocenters. The molecular formula is C18H15ClN4O3S. The fourth-order valence-electron chi connectivity index (χ4n) is 2.39. The van der Waals surface area contributed by atoms with Gasteiger partial charge in [0.25, 0.3) is 0 Å². The third-order valence-corrected chi connectivity index (χ3v) is 5.11. The molecule has 1 aromatic heterocycles. The highest BCUT2D eigenvalue weighted by atomic mass is 35.5. The third-order valence-electron chi connectivity index (χ3n) is 3.77. The average molecular weight is 403 g/mol. The number of nitrogens with zero attached hydrogens (tertiary/aromatic N) is 3. The van der Waals surface area contributed by atoms with Gasteiger partial charge in [0.1, 0.15) is 18.4 Å². The number of aromatic nitrogens is 2. The van der Waals surface area contributed by atoms with Crippen LogP contribution in [0.25, 0.3) is 0 Å². The number of para-hydroxylation sites is 1. The monoisotopic (exact) mass is 402 g/mol. The second-order valence-corrected chi connectivity index (χ2v) is 7.18. The molecule has 0 radical (unpaired) electrons. The van der Waals surface area contributed by atoms with Crippen molar-refractivity contribution in [2.45, 2.75) is 23.3 Å². The summed E-state index contributed by atoms with van der Waals surface area (Å²) in [5.41, 5.74) is 0.877. The molecule has 7 nitrogen and oxygen atoms in total. The second kappa shape index (κ2) is 8.24. The Balaban J connectivity index is 1.73. The normalized spacial score (nSPS) is 10.6. The highest BCUT2D eigenvalue weighted by Crippen LogP contribution is 2.33. The summed E-state index contributed by atoms with van der Waals surface area (Å²) >= 11 is 7.41. The molecule has 138 valence electrons. The van der Waals surface area contributed by atoms with Crippen LogP contribution in [0, 0.1) is 17.0 Å². The van der Waals surface area contributed by atoms with Crippen LogP contribution in [0.4, 0.5) is 11.4 Å². The van der Waals surface area contributed by atoms with E-state index >= 15 is 0 Å². The Labute approximate surface area is 164 Å². The van der Waals surface area contributed by atoms with Crippen LogP contribution in [-0.4, -0.2) is 20.6 Å². The zero-order valence-electron chi connectivity index (χ0n) is 14.3. The Hall–Kier alpha value is -2.84. The Morgan fingerprint density at radius 3 is 2.63 bits per heavy atom. The molecule has 0 spiro atoms. The minimum Gasteiger partial charge on any atom is -0.323 e. The van der Waals surface area contributed by atoms with Gasteiger partial charge in [0.2, 0.25) is 5.91 Å². The molecule has 0 saturated heterocycles. The van der Waals surface area contributed by atoms with Gasteiger partial charge in [-0.25, -0.2) is 0 Å². The molecule has 0 saturated carbocycles. The van der Waals surface area contributed by atoms with Crippen molar-refractivity contribution in [3.8, 4) is 0 Å². The van der Waals surface area contributed by atoms with E-state index in [0.717, 1.165) is 16.0 Å². The fraction of sp³-hybridized carbons (Fsp3) is 0.111. The molecule has 1 N–H and O–H groups in total. The maximum absolute atomic E-state index is 12.4. The Morgan fingerprint density at radius 1 is 1.26 bits per heavy atom. The van der Waals surface area contributed by atoms with Crippen molar-refractivity contribution in [1.82, 2.24) is 9.78 Å². The molecule has 2 aromatic carbocycles. The number of nitro groups is 1. The molecule has 0 bridgehead atoms. The van der Waals surface area contributed by atoms with E-state index in [0.29, 0.717) is 16.4 Å². The molecule has 27 heavy (non-hydrogen) atoms. The number of rotatable bonds is 6. The molecule has 0 fully saturated rings. The number of hydrogen-bond donors (Lipinski definition) is 1. The van der Waals surface area contributed by atoms with E-state index in [2.05, 4.69) is 10.4 Å². The number of anilines is 1. The van der Waals surface area contributed by atoms with Crippen molar-refractivity contribution in [3.63, 3.8) is 0 Å². The molecule has 0 aliphatic rings. The van der Waals surface area contributed by atoms with Gasteiger partial charge in [-0.1, -0.05) is 35.5 Å². The summed E-state index contributed by atoms with van der Waals surface area (Å²) in [6.45, 7) is 1.45. The number of hydrogen-bond acceptors (Lipinski definition) is 5. The topological polar surface area (TPSA) is 90.1 Å². The first-order valence-corrected chi connectivity index (χ1v) is 9.12. The van der Waals surface area contributed by atoms with Gasteiger partial charge in [0.15, 0.2) is 0 Å². The number of carbonyl (C=O) groups excluding carboxylic acids is 1. The van der Waals surface area contributed by atoms with E-state index in [1.54, 1.807) is 25.1 Å². The predicted octanol–water partition coefficient (Wildman–Crippen LogP) is 4.54. The Morgan fingerprint density at radius 2 is 1.96 bits per heavy atom. The van der Waals surface area contributed by atoms with Gasteiger partial charge in [-0.2, -0.15) is 5.10 Å². The smallest absolute Gasteiger partial charge is 0.309 e. The minimum absolute atomic E-state index is 0.110. The van der Waals surface area contributed by atoms with E-state index in [1.165, 1.54) is 16.4 Å². The van der Waals surface area contributed by atoms with Crippen LogP contribution in [-0.2, 0) is 11.3 Å². The first-order chi connectivity index (χ1) is 12.9. The number of nitrogens with one attached hydrogen (secondary N) is 1. The van der Waals surface area contributed by atoms with Crippen molar-refractivity contribution in [2.75, 3.05) is 5.32 Å². The van der Waals surface area contributed by atoms with E-state index in [9.17, 15) is 14.9 Å². The standard InChI is InChI=1S/C18H15ClN4O3S/c1-12-16(23(25)26)10-20-22(12)11-18(24)21-15-4-2-3-5-17(15)27-14-8-6-13(19)7-9-14/h2-10H,11H2,1H3,(H,21,24). The molecule has 1 heterocycles. The summed E-state index contributed by atoms with van der Waals surface area (Å²) in [5, 5.41) is 18.3. The molecular weight excluding hydrogens is 388 g/mol. The maximum atomic E-state index is 12.4. The molecule has 9 heteroatoms. The number of halogens is 1. The lowest BCUT2D eigenvalue weighted by Gasteiger charge is -2.11. The van der Waals surface area contributed by atoms with Gasteiger partial charge in [0.05, 0.1) is 10.6 Å². The molecule has 3 rings (SSSR count). The predicted molar refractivity (Wildman–Crippen MR) is 104 cm³/mol. The van der Waals surface area contributed by atoms with Crippen molar-refractivity contribution in [1.29, 1.82) is 0 Å². The molecule has 1 amide bonds. The summed E-state index contributed by atoms with van der Waals surface area (Å²) < 4.78 is 1.31. The first kappa shape index (κ1) is 18.9. The summed E-state index contributed by atoms with van der Waals surface area (Å²) in [4.78, 5) is 24.6. The molecule has 0 aliphatic heterocycles. The van der Waals surface area contributed by atoms with Crippen molar-refractivity contribution >= 4 is 40.6 Å². The third kappa shape index (κ3) is 4.66. The lowest BCUT2D eigenvalue weighted by Crippen LogP contribution is -2.20. The van der Waals surface area contributed by atoms with Crippen LogP contribution in [0.15, 0.2) is 64.5 Å². The van der Waals surface area contributed by atoms with E-state index in [4.69, 9.17) is 11.6 Å². The van der Waals surface area contributed by atoms with Gasteiger partial charge >= 0.3 is 5.69 Å². The minimum atomic E-state index is -0.519. The van der Waals surface area contributed by atoms with Crippen LogP contribution in [0.1, 0.15) is 5.69 Å². The van der Waals surface area contributed by atoms with Gasteiger partial charge < -0.3 is 5.32 Å². The largest absolute Gasteiger partial charge is 0.323 e. The number of amides is 1. The van der Waals surface area contributed by atoms with E-state index in [1.807, 2.05) is 30.3 Å². The quantitative estimate of drug-likeness (QED) is 0.482. The fourth-order valence-corrected chi connectivity index (χ4v) is 3.42. The van der Waals surface area contributed by atoms with Crippen molar-refractivity contribution in [3.05, 3.63) is 75.6 Å². The van der Waals surface area contributed by atoms with Crippen LogP contribution < -0.4 is 5.32 Å². The second-order valence-electron chi connectivity index (χ2n) is 5.63. The van der Waals surface area contributed by atoms with E-state index in [-0.39, 0.29) is 18.1 Å². The van der Waals surface area contributed by atoms with Crippen molar-refractivity contribution in [2.24, 2.45) is 0 Å². The van der Waals surface area contributed by atoms with Crippen LogP contribution >= 0.6 is 23.4 Å². The van der Waals surface area contributed by atoms with Gasteiger partial charge in [-0.05, 0) is 43.3 Å². The van der Waals surface area contributed by atoms with Crippen LogP contribution in [0.5, 0.6) is 0 Å². The number of benzene rings is 2. The van der Waals surface area contributed by atoms with Gasteiger partial charge in [-0.15, -0.1) is 0 Å². The molecule has 0 aliphatic carbocycles. The average Bonchev–Trinajstić information content (AvgIpc) is 2.99. The lowest BCUT2D eigenvalue weighted by atomic mass is 10.3. The van der Waals surface area contributed by atoms with E-state index < -0.39 is 4.92 Å². The highest BCUT2D eigenvalue weighted by Gasteiger charge is 2.18. The maximum Gasteiger partial charge on any atom is 0.309 e. The zero-order valence-corrected chi connectivity index (χ0v) is 15.8. The van der Waals surface area contributed by atoms with Crippen molar-refractivity contribution < 1.29 is 9.72 Å². The Kier molecular flexibility index (Phi) is 5.78. The van der Waals surface area contributed by atoms with Gasteiger partial charge in [0, 0.05) is 14.8 Å². The van der Waals surface area contributed by atoms with Gasteiger partial charge in [-0.3, -0.25) is 19.6 Å². The van der Waals surface area contributed by atoms with Crippen LogP contribution in [0.3, 0.4) is 0 Å². The summed E-state index contributed by atoms with van der Waals surface area (Å²) in [7, 11) is 0. The lowest BCUT2D eigenvalue weighted by molar-refractivity contribution is -0.385. The Bertz CT molecular complexity index is 989. The SMILES string of the molecule is Cc1c([N+](=O)[O-])cnn1CC(=O)Nc1ccccc1Sc1ccc(Cl)cc1.